The van der Waals surface area contributed by atoms with Crippen LogP contribution in [0.2, 0.25) is 0 Å². The second-order valence-corrected chi connectivity index (χ2v) is 5.93. The molecule has 24 heavy (non-hydrogen) atoms. The van der Waals surface area contributed by atoms with Crippen LogP contribution in [-0.4, -0.2) is 34.8 Å². The lowest BCUT2D eigenvalue weighted by atomic mass is 10.2. The lowest BCUT2D eigenvalue weighted by Crippen LogP contribution is -2.07. The molecule has 0 aromatic carbocycles. The third-order valence-electron chi connectivity index (χ3n) is 4.07. The maximum absolute atomic E-state index is 10.3. The fourth-order valence-corrected chi connectivity index (χ4v) is 2.50. The van der Waals surface area contributed by atoms with Gasteiger partial charge in [0.1, 0.15) is 11.4 Å². The molecule has 1 N–H and O–H groups in total. The van der Waals surface area contributed by atoms with Gasteiger partial charge in [0.25, 0.3) is 0 Å². The van der Waals surface area contributed by atoms with Gasteiger partial charge in [-0.05, 0) is 41.5 Å². The highest BCUT2D eigenvalue weighted by Crippen LogP contribution is 2.26. The first-order chi connectivity index (χ1) is 11.3. The number of aryl methyl sites for hydroxylation is 6. The maximum atomic E-state index is 10.3. The van der Waals surface area contributed by atoms with Crippen molar-refractivity contribution >= 4 is 0 Å². The number of nitrogens with zero attached hydrogens (tertiary/aromatic N) is 6. The Hall–Kier alpha value is -2.83. The molecule has 7 heteroatoms. The summed E-state index contributed by atoms with van der Waals surface area (Å²) < 4.78 is 1.39. The van der Waals surface area contributed by atoms with Crippen LogP contribution in [0, 0.1) is 41.5 Å². The summed E-state index contributed by atoms with van der Waals surface area (Å²) in [5.41, 5.74) is 6.06. The fraction of sp³-hybridized carbons (Fsp3) is 0.353. The Bertz CT molecular complexity index is 945. The number of hydrogen-bond acceptors (Lipinski definition) is 6. The van der Waals surface area contributed by atoms with E-state index >= 15 is 0 Å². The summed E-state index contributed by atoms with van der Waals surface area (Å²) in [4.78, 5) is 18.0. The molecule has 0 amide bonds. The quantitative estimate of drug-likeness (QED) is 0.779. The fourth-order valence-electron chi connectivity index (χ4n) is 2.50. The van der Waals surface area contributed by atoms with Crippen molar-refractivity contribution < 1.29 is 5.11 Å². The molecule has 0 saturated carbocycles. The van der Waals surface area contributed by atoms with Gasteiger partial charge in [0.2, 0.25) is 5.88 Å². The second-order valence-electron chi connectivity index (χ2n) is 5.93. The van der Waals surface area contributed by atoms with Gasteiger partial charge in [-0.25, -0.2) is 9.97 Å². The molecule has 0 bridgehead atoms. The van der Waals surface area contributed by atoms with Gasteiger partial charge in [-0.15, -0.1) is 0 Å². The lowest BCUT2D eigenvalue weighted by Gasteiger charge is -2.08. The van der Waals surface area contributed by atoms with Crippen LogP contribution in [0.25, 0.3) is 17.2 Å². The minimum absolute atomic E-state index is 0.00918. The molecule has 0 unspecified atom stereocenters. The molecule has 0 saturated heterocycles. The average Bonchev–Trinajstić information content (AvgIpc) is 2.88. The van der Waals surface area contributed by atoms with Crippen molar-refractivity contribution in [2.75, 3.05) is 0 Å². The van der Waals surface area contributed by atoms with E-state index in [-0.39, 0.29) is 5.88 Å². The predicted octanol–water partition coefficient (Wildman–Crippen LogP) is 2.68. The SMILES string of the molecule is Cc1nc(C)c(-c2cc(O)n(-c3nc(C)c(C)nc3C)n2)nc1C. The van der Waals surface area contributed by atoms with Gasteiger partial charge in [0.05, 0.1) is 34.2 Å². The molecule has 124 valence electrons. The van der Waals surface area contributed by atoms with Crippen molar-refractivity contribution in [2.45, 2.75) is 41.5 Å². The van der Waals surface area contributed by atoms with Gasteiger partial charge in [0.15, 0.2) is 5.82 Å². The largest absolute Gasteiger partial charge is 0.493 e. The Labute approximate surface area is 140 Å². The molecule has 0 aliphatic carbocycles. The number of hydrogen-bond donors (Lipinski definition) is 1. The highest BCUT2D eigenvalue weighted by atomic mass is 16.3. The lowest BCUT2D eigenvalue weighted by molar-refractivity contribution is 0.431. The van der Waals surface area contributed by atoms with Crippen molar-refractivity contribution in [3.05, 3.63) is 40.2 Å². The Kier molecular flexibility index (Phi) is 3.79. The summed E-state index contributed by atoms with van der Waals surface area (Å²) in [7, 11) is 0. The molecule has 0 fully saturated rings. The van der Waals surface area contributed by atoms with E-state index in [0.717, 1.165) is 28.5 Å². The van der Waals surface area contributed by atoms with Gasteiger partial charge >= 0.3 is 0 Å². The van der Waals surface area contributed by atoms with Crippen LogP contribution in [0.3, 0.4) is 0 Å². The van der Waals surface area contributed by atoms with E-state index in [9.17, 15) is 5.11 Å². The molecule has 7 nitrogen and oxygen atoms in total. The zero-order valence-electron chi connectivity index (χ0n) is 14.7. The normalized spacial score (nSPS) is 11.1. The summed E-state index contributed by atoms with van der Waals surface area (Å²) in [5, 5.41) is 14.8. The summed E-state index contributed by atoms with van der Waals surface area (Å²) in [6.07, 6.45) is 0. The van der Waals surface area contributed by atoms with Crippen molar-refractivity contribution in [1.82, 2.24) is 29.7 Å². The van der Waals surface area contributed by atoms with Gasteiger partial charge < -0.3 is 5.11 Å². The summed E-state index contributed by atoms with van der Waals surface area (Å²) in [6, 6.07) is 1.57. The highest BCUT2D eigenvalue weighted by Gasteiger charge is 2.18. The molecule has 3 rings (SSSR count). The van der Waals surface area contributed by atoms with Crippen LogP contribution < -0.4 is 0 Å². The number of aromatic hydroxyl groups is 1. The van der Waals surface area contributed by atoms with E-state index in [4.69, 9.17) is 0 Å². The van der Waals surface area contributed by atoms with Crippen molar-refractivity contribution in [2.24, 2.45) is 0 Å². The van der Waals surface area contributed by atoms with Crippen LogP contribution in [0.1, 0.15) is 34.2 Å². The monoisotopic (exact) mass is 324 g/mol. The van der Waals surface area contributed by atoms with Crippen LogP contribution in [0.15, 0.2) is 6.07 Å². The smallest absolute Gasteiger partial charge is 0.216 e. The Morgan fingerprint density at radius 1 is 0.708 bits per heavy atom. The molecule has 0 spiro atoms. The minimum atomic E-state index is -0.00918. The molecule has 0 atom stereocenters. The first kappa shape index (κ1) is 16.0. The zero-order chi connectivity index (χ0) is 17.6. The van der Waals surface area contributed by atoms with E-state index in [1.54, 1.807) is 6.07 Å². The van der Waals surface area contributed by atoms with Crippen molar-refractivity contribution in [1.29, 1.82) is 0 Å². The summed E-state index contributed by atoms with van der Waals surface area (Å²) >= 11 is 0. The third kappa shape index (κ3) is 2.62. The van der Waals surface area contributed by atoms with Gasteiger partial charge in [-0.1, -0.05) is 0 Å². The van der Waals surface area contributed by atoms with Crippen molar-refractivity contribution in [3.63, 3.8) is 0 Å². The van der Waals surface area contributed by atoms with Gasteiger partial charge in [-0.3, -0.25) is 9.97 Å². The molecular weight excluding hydrogens is 304 g/mol. The van der Waals surface area contributed by atoms with Crippen LogP contribution >= 0.6 is 0 Å². The third-order valence-corrected chi connectivity index (χ3v) is 4.07. The molecule has 3 aromatic rings. The Morgan fingerprint density at radius 3 is 1.92 bits per heavy atom. The van der Waals surface area contributed by atoms with E-state index in [2.05, 4.69) is 25.0 Å². The molecule has 3 aromatic heterocycles. The van der Waals surface area contributed by atoms with Gasteiger partial charge in [0, 0.05) is 6.07 Å². The number of aromatic nitrogens is 6. The Morgan fingerprint density at radius 2 is 1.25 bits per heavy atom. The molecular formula is C17H20N6O. The second kappa shape index (κ2) is 5.67. The van der Waals surface area contributed by atoms with Crippen LogP contribution in [0.5, 0.6) is 5.88 Å². The molecule has 0 aliphatic heterocycles. The standard InChI is InChI=1S/C17H20N6O/c1-8-10(3)20-16(12(5)18-8)14-7-15(24)23(22-14)17-13(6)19-9(2)11(4)21-17/h7,24H,1-6H3. The van der Waals surface area contributed by atoms with Crippen LogP contribution in [-0.2, 0) is 0 Å². The topological polar surface area (TPSA) is 89.6 Å². The zero-order valence-corrected chi connectivity index (χ0v) is 14.7. The summed E-state index contributed by atoms with van der Waals surface area (Å²) in [6.45, 7) is 11.3. The predicted molar refractivity (Wildman–Crippen MR) is 90.3 cm³/mol. The highest BCUT2D eigenvalue weighted by molar-refractivity contribution is 5.59. The summed E-state index contributed by atoms with van der Waals surface area (Å²) in [5.74, 6) is 0.501. The van der Waals surface area contributed by atoms with Crippen molar-refractivity contribution in [3.8, 4) is 23.1 Å². The average molecular weight is 324 g/mol. The van der Waals surface area contributed by atoms with E-state index < -0.39 is 0 Å². The van der Waals surface area contributed by atoms with Gasteiger partial charge in [-0.2, -0.15) is 9.78 Å². The Balaban J connectivity index is 2.16. The first-order valence-corrected chi connectivity index (χ1v) is 7.71. The van der Waals surface area contributed by atoms with E-state index in [0.29, 0.717) is 22.9 Å². The molecule has 0 aliphatic rings. The van der Waals surface area contributed by atoms with E-state index in [1.807, 2.05) is 41.5 Å². The maximum Gasteiger partial charge on any atom is 0.216 e. The first-order valence-electron chi connectivity index (χ1n) is 7.71. The van der Waals surface area contributed by atoms with E-state index in [1.165, 1.54) is 4.68 Å². The molecule has 3 heterocycles. The minimum Gasteiger partial charge on any atom is -0.493 e. The number of rotatable bonds is 2. The van der Waals surface area contributed by atoms with Crippen LogP contribution in [0.4, 0.5) is 0 Å². The molecule has 0 radical (unpaired) electrons.